The van der Waals surface area contributed by atoms with Crippen LogP contribution >= 0.6 is 0 Å². The molecule has 0 bridgehead atoms. The van der Waals surface area contributed by atoms with E-state index in [9.17, 15) is 23.2 Å². The topological polar surface area (TPSA) is 75.9 Å². The third kappa shape index (κ3) is 5.91. The summed E-state index contributed by atoms with van der Waals surface area (Å²) in [5.41, 5.74) is 3.76. The average molecular weight is 619 g/mol. The number of aromatic nitrogens is 1. The van der Waals surface area contributed by atoms with Crippen LogP contribution < -0.4 is 14.5 Å². The number of piperazine rings is 1. The number of alkyl halides is 3. The van der Waals surface area contributed by atoms with Crippen LogP contribution in [0.5, 0.6) is 5.88 Å². The first-order chi connectivity index (χ1) is 21.6. The molecule has 1 aromatic heterocycles. The van der Waals surface area contributed by atoms with Gasteiger partial charge in [-0.2, -0.15) is 18.4 Å². The van der Waals surface area contributed by atoms with Crippen LogP contribution in [0.15, 0.2) is 48.6 Å². The third-order valence-corrected chi connectivity index (χ3v) is 9.40. The Hall–Kier alpha value is -4.30. The molecule has 0 spiro atoms. The van der Waals surface area contributed by atoms with E-state index in [2.05, 4.69) is 72.8 Å². The minimum atomic E-state index is -4.78. The van der Waals surface area contributed by atoms with Gasteiger partial charge in [-0.3, -0.25) is 4.79 Å². The zero-order valence-electron chi connectivity index (χ0n) is 25.7. The largest absolute Gasteiger partial charge is 0.475 e. The van der Waals surface area contributed by atoms with Crippen molar-refractivity contribution >= 4 is 28.1 Å². The Bertz CT molecular complexity index is 1670. The fourth-order valence-corrected chi connectivity index (χ4v) is 6.87. The fourth-order valence-electron chi connectivity index (χ4n) is 6.87. The number of likely N-dealkylation sites (tertiary alicyclic amines) is 1. The highest BCUT2D eigenvalue weighted by atomic mass is 19.4. The lowest BCUT2D eigenvalue weighted by Crippen LogP contribution is -2.50. The minimum absolute atomic E-state index is 0.0837. The molecule has 0 N–H and O–H groups in total. The van der Waals surface area contributed by atoms with Crippen molar-refractivity contribution in [3.8, 4) is 11.9 Å². The number of benzene rings is 2. The Labute approximate surface area is 261 Å². The summed E-state index contributed by atoms with van der Waals surface area (Å²) in [5.74, 6) is -0.823. The third-order valence-electron chi connectivity index (χ3n) is 9.40. The zero-order valence-corrected chi connectivity index (χ0v) is 25.7. The summed E-state index contributed by atoms with van der Waals surface area (Å²) < 4.78 is 45.9. The summed E-state index contributed by atoms with van der Waals surface area (Å²) in [6.45, 7) is 8.44. The van der Waals surface area contributed by atoms with Gasteiger partial charge in [0.1, 0.15) is 23.8 Å². The van der Waals surface area contributed by atoms with Gasteiger partial charge in [-0.05, 0) is 56.8 Å². The van der Waals surface area contributed by atoms with E-state index in [1.807, 2.05) is 4.90 Å². The number of carbonyl (C=O) groups is 1. The fraction of sp³-hybridized carbons (Fsp3) is 0.441. The first-order valence-electron chi connectivity index (χ1n) is 15.4. The molecular weight excluding hydrogens is 581 g/mol. The summed E-state index contributed by atoms with van der Waals surface area (Å²) >= 11 is 0. The van der Waals surface area contributed by atoms with E-state index < -0.39 is 17.7 Å². The van der Waals surface area contributed by atoms with E-state index in [4.69, 9.17) is 9.72 Å². The Morgan fingerprint density at radius 1 is 1.09 bits per heavy atom. The molecule has 2 saturated heterocycles. The Morgan fingerprint density at radius 3 is 2.49 bits per heavy atom. The predicted octanol–water partition coefficient (Wildman–Crippen LogP) is 5.22. The van der Waals surface area contributed by atoms with E-state index in [0.717, 1.165) is 41.7 Å². The highest BCUT2D eigenvalue weighted by molar-refractivity contribution is 5.97. The van der Waals surface area contributed by atoms with Crippen LogP contribution in [-0.4, -0.2) is 85.8 Å². The van der Waals surface area contributed by atoms with Crippen LogP contribution in [0.3, 0.4) is 0 Å². The molecule has 4 heterocycles. The van der Waals surface area contributed by atoms with Crippen molar-refractivity contribution in [3.63, 3.8) is 0 Å². The average Bonchev–Trinajstić information content (AvgIpc) is 3.45. The maximum atomic E-state index is 13.2. The maximum absolute atomic E-state index is 13.2. The predicted molar refractivity (Wildman–Crippen MR) is 168 cm³/mol. The Morgan fingerprint density at radius 2 is 1.82 bits per heavy atom. The second-order valence-electron chi connectivity index (χ2n) is 12.1. The van der Waals surface area contributed by atoms with Crippen molar-refractivity contribution in [1.82, 2.24) is 14.8 Å². The number of hydrogen-bond acceptors (Lipinski definition) is 7. The van der Waals surface area contributed by atoms with E-state index >= 15 is 0 Å². The van der Waals surface area contributed by atoms with E-state index in [-0.39, 0.29) is 38.1 Å². The van der Waals surface area contributed by atoms with Gasteiger partial charge in [0.25, 0.3) is 5.91 Å². The number of nitriles is 1. The number of anilines is 2. The van der Waals surface area contributed by atoms with Gasteiger partial charge in [0, 0.05) is 55.4 Å². The maximum Gasteiger partial charge on any atom is 0.421 e. The summed E-state index contributed by atoms with van der Waals surface area (Å²) in [5, 5.41) is 12.8. The van der Waals surface area contributed by atoms with Crippen LogP contribution in [0.4, 0.5) is 24.5 Å². The molecule has 236 valence electrons. The number of fused-ring (bicyclic) bond motifs is 2. The molecule has 45 heavy (non-hydrogen) atoms. The standard InChI is InChI=1S/C34H37F3N6O2/c1-22-7-4-8-24-9-5-11-29(30(22)24)43-14-12-26-28(20-43)39-32(45-21-25-10-6-13-40(25)3)27(19-38)31(26)41-15-17-42(18-16-41)33(44)23(2)34(35,36)37/h4-5,7-9,11,25H,2,6,10,12-18,20-21H2,1,3H3. The number of rotatable bonds is 6. The number of aryl methyl sites for hydroxylation is 1. The van der Waals surface area contributed by atoms with E-state index in [0.29, 0.717) is 37.4 Å². The number of carbonyl (C=O) groups excluding carboxylic acids is 1. The van der Waals surface area contributed by atoms with Crippen LogP contribution in [0.25, 0.3) is 10.8 Å². The second kappa shape index (κ2) is 12.2. The lowest BCUT2D eigenvalue weighted by atomic mass is 9.96. The molecule has 1 atom stereocenters. The molecule has 1 unspecified atom stereocenters. The molecule has 2 fully saturated rings. The van der Waals surface area contributed by atoms with Crippen molar-refractivity contribution in [1.29, 1.82) is 5.26 Å². The van der Waals surface area contributed by atoms with E-state index in [1.165, 1.54) is 15.8 Å². The van der Waals surface area contributed by atoms with Crippen LogP contribution in [0.1, 0.15) is 35.2 Å². The van der Waals surface area contributed by atoms with Crippen molar-refractivity contribution in [2.24, 2.45) is 0 Å². The minimum Gasteiger partial charge on any atom is -0.475 e. The molecular formula is C34H37F3N6O2. The Balaban J connectivity index is 1.34. The van der Waals surface area contributed by atoms with Gasteiger partial charge in [0.05, 0.1) is 17.9 Å². The van der Waals surface area contributed by atoms with Crippen LogP contribution in [0.2, 0.25) is 0 Å². The molecule has 3 aromatic rings. The first-order valence-corrected chi connectivity index (χ1v) is 15.4. The summed E-state index contributed by atoms with van der Waals surface area (Å²) in [6, 6.07) is 15.1. The number of hydrogen-bond donors (Lipinski definition) is 0. The molecule has 8 nitrogen and oxygen atoms in total. The van der Waals surface area contributed by atoms with Gasteiger partial charge in [0.2, 0.25) is 5.88 Å². The Kier molecular flexibility index (Phi) is 8.35. The summed E-state index contributed by atoms with van der Waals surface area (Å²) in [6.07, 6.45) is -2.06. The van der Waals surface area contributed by atoms with Crippen molar-refractivity contribution in [3.05, 3.63) is 70.9 Å². The number of likely N-dealkylation sites (N-methyl/N-ethyl adjacent to an activating group) is 1. The molecule has 0 saturated carbocycles. The number of halogens is 3. The number of ether oxygens (including phenoxy) is 1. The SMILES string of the molecule is C=C(C(=O)N1CCN(c2c(C#N)c(OCC3CCCN3C)nc3c2CCN(c2cccc4cccc(C)c24)C3)CC1)C(F)(F)F. The van der Waals surface area contributed by atoms with Crippen LogP contribution in [-0.2, 0) is 17.8 Å². The number of pyridine rings is 1. The highest BCUT2D eigenvalue weighted by Crippen LogP contribution is 2.40. The smallest absolute Gasteiger partial charge is 0.421 e. The van der Waals surface area contributed by atoms with Crippen molar-refractivity contribution in [2.45, 2.75) is 44.9 Å². The highest BCUT2D eigenvalue weighted by Gasteiger charge is 2.40. The van der Waals surface area contributed by atoms with Gasteiger partial charge in [-0.1, -0.05) is 36.9 Å². The molecule has 11 heteroatoms. The zero-order chi connectivity index (χ0) is 31.9. The molecule has 0 aliphatic carbocycles. The first kappa shape index (κ1) is 30.7. The van der Waals surface area contributed by atoms with Gasteiger partial charge in [0.15, 0.2) is 0 Å². The molecule has 2 aromatic carbocycles. The lowest BCUT2D eigenvalue weighted by molar-refractivity contribution is -0.139. The second-order valence-corrected chi connectivity index (χ2v) is 12.1. The normalized spacial score (nSPS) is 19.0. The van der Waals surface area contributed by atoms with Gasteiger partial charge < -0.3 is 24.3 Å². The lowest BCUT2D eigenvalue weighted by Gasteiger charge is -2.40. The molecule has 3 aliphatic heterocycles. The van der Waals surface area contributed by atoms with Crippen LogP contribution in [0, 0.1) is 18.3 Å². The quantitative estimate of drug-likeness (QED) is 0.351. The number of amides is 1. The van der Waals surface area contributed by atoms with Crippen molar-refractivity contribution < 1.29 is 22.7 Å². The van der Waals surface area contributed by atoms with Gasteiger partial charge in [-0.25, -0.2) is 4.98 Å². The van der Waals surface area contributed by atoms with Crippen molar-refractivity contribution in [2.75, 3.05) is 62.7 Å². The molecule has 3 aliphatic rings. The molecule has 1 amide bonds. The monoisotopic (exact) mass is 618 g/mol. The number of nitrogens with zero attached hydrogens (tertiary/aromatic N) is 6. The summed E-state index contributed by atoms with van der Waals surface area (Å²) in [7, 11) is 2.07. The molecule has 6 rings (SSSR count). The summed E-state index contributed by atoms with van der Waals surface area (Å²) in [4.78, 5) is 25.2. The van der Waals surface area contributed by atoms with Gasteiger partial charge in [-0.15, -0.1) is 0 Å². The van der Waals surface area contributed by atoms with E-state index in [1.54, 1.807) is 0 Å². The molecule has 0 radical (unpaired) electrons. The van der Waals surface area contributed by atoms with Gasteiger partial charge >= 0.3 is 6.18 Å².